The van der Waals surface area contributed by atoms with E-state index in [9.17, 15) is 38.1 Å². The highest BCUT2D eigenvalue weighted by Crippen LogP contribution is 2.52. The van der Waals surface area contributed by atoms with Crippen LogP contribution in [-0.2, 0) is 111 Å². The molecule has 5 aromatic carbocycles. The molecule has 14 atom stereocenters. The minimum atomic E-state index is -3.65. The minimum absolute atomic E-state index is 0.0151. The van der Waals surface area contributed by atoms with Gasteiger partial charge in [0, 0.05) is 73.4 Å². The van der Waals surface area contributed by atoms with E-state index in [1.807, 2.05) is 30.3 Å². The van der Waals surface area contributed by atoms with Crippen LogP contribution in [0.5, 0.6) is 5.75 Å². The van der Waals surface area contributed by atoms with Crippen molar-refractivity contribution in [3.05, 3.63) is 150 Å². The molecule has 0 aliphatic carbocycles. The molecular weight excluding hydrogens is 1200 g/mol. The summed E-state index contributed by atoms with van der Waals surface area (Å²) in [5.74, 6) is -9.12. The van der Waals surface area contributed by atoms with Gasteiger partial charge in [-0.1, -0.05) is 84.9 Å². The third kappa shape index (κ3) is 15.9. The number of anilines is 1. The smallest absolute Gasteiger partial charge is 0.360 e. The van der Waals surface area contributed by atoms with Gasteiger partial charge in [-0.05, 0) is 71.6 Å². The molecule has 480 valence electrons. The number of hydrogen-bond donors (Lipinski definition) is 0. The Morgan fingerprint density at radius 2 is 1.08 bits per heavy atom. The topological polar surface area (TPSA) is 286 Å². The molecule has 3 heterocycles. The zero-order valence-corrected chi connectivity index (χ0v) is 51.7. The van der Waals surface area contributed by atoms with Crippen LogP contribution in [0.4, 0.5) is 10.1 Å². The highest BCUT2D eigenvalue weighted by atomic mass is 31.2. The highest BCUT2D eigenvalue weighted by molar-refractivity contribution is 7.62. The Hall–Kier alpha value is -8.42. The second-order valence-electron chi connectivity index (χ2n) is 21.1. The quantitative estimate of drug-likeness (QED) is 0.0248. The van der Waals surface area contributed by atoms with Gasteiger partial charge in [0.05, 0.1) is 42.7 Å². The van der Waals surface area contributed by atoms with Gasteiger partial charge in [-0.3, -0.25) is 38.1 Å². The molecule has 0 spiro atoms. The molecule has 0 N–H and O–H groups in total. The molecular formula is C64H69FNO23P. The van der Waals surface area contributed by atoms with Gasteiger partial charge in [-0.2, -0.15) is 0 Å². The first-order valence-corrected chi connectivity index (χ1v) is 30.0. The summed E-state index contributed by atoms with van der Waals surface area (Å²) < 4.78 is 112. The van der Waals surface area contributed by atoms with Crippen LogP contribution in [0.1, 0.15) is 83.7 Å². The molecule has 3 aliphatic rings. The Labute approximate surface area is 517 Å². The van der Waals surface area contributed by atoms with Crippen molar-refractivity contribution in [2.45, 2.75) is 141 Å². The molecule has 0 saturated carbocycles. The molecule has 3 aliphatic heterocycles. The van der Waals surface area contributed by atoms with E-state index in [1.54, 1.807) is 72.8 Å². The SMILES string of the molecule is COC(=O)C1O[C@H](O[C@@H](C[C@@H](O[C@H]2OC(C)[C@@H](OC(C)=O)C(OC(C)=O)[C@@H]2OC(C)=O)[C@H]2C(=O)N(c3ccccc3)[C@@H]2c2ccc(-c3ccc(P(=O)(OC)OC)cc3)cc2OCc2ccccc2)c2ccc(F)cc2)[C@@H](OC(C)=O)C(OC(C)=O)[C@@H]1OC(C)=O. The van der Waals surface area contributed by atoms with Crippen LogP contribution in [0.15, 0.2) is 127 Å². The predicted octanol–water partition coefficient (Wildman–Crippen LogP) is 7.65. The van der Waals surface area contributed by atoms with Crippen LogP contribution >= 0.6 is 7.60 Å². The fourth-order valence-electron chi connectivity index (χ4n) is 11.1. The van der Waals surface area contributed by atoms with E-state index in [0.29, 0.717) is 27.7 Å². The van der Waals surface area contributed by atoms with Gasteiger partial charge in [0.25, 0.3) is 0 Å². The summed E-state index contributed by atoms with van der Waals surface area (Å²) in [5, 5.41) is 0.292. The lowest BCUT2D eigenvalue weighted by molar-refractivity contribution is -0.324. The van der Waals surface area contributed by atoms with Gasteiger partial charge in [0.15, 0.2) is 49.0 Å². The van der Waals surface area contributed by atoms with E-state index in [4.69, 9.17) is 65.9 Å². The van der Waals surface area contributed by atoms with E-state index in [1.165, 1.54) is 38.2 Å². The molecule has 90 heavy (non-hydrogen) atoms. The number of nitrogens with zero attached hydrogens (tertiary/aromatic N) is 1. The zero-order valence-electron chi connectivity index (χ0n) is 50.8. The van der Waals surface area contributed by atoms with Gasteiger partial charge in [0.1, 0.15) is 18.2 Å². The number of carbonyl (C=O) groups excluding carboxylic acids is 8. The van der Waals surface area contributed by atoms with Crippen LogP contribution < -0.4 is 14.9 Å². The zero-order chi connectivity index (χ0) is 65.1. The summed E-state index contributed by atoms with van der Waals surface area (Å²) in [6.07, 6.45) is -20.8. The largest absolute Gasteiger partial charge is 0.489 e. The predicted molar refractivity (Wildman–Crippen MR) is 312 cm³/mol. The van der Waals surface area contributed by atoms with Crippen molar-refractivity contribution in [1.82, 2.24) is 0 Å². The van der Waals surface area contributed by atoms with E-state index in [-0.39, 0.29) is 17.9 Å². The maximum Gasteiger partial charge on any atom is 0.360 e. The second kappa shape index (κ2) is 29.9. The van der Waals surface area contributed by atoms with Crippen molar-refractivity contribution in [3.63, 3.8) is 0 Å². The highest BCUT2D eigenvalue weighted by Gasteiger charge is 2.60. The minimum Gasteiger partial charge on any atom is -0.489 e. The van der Waals surface area contributed by atoms with Crippen molar-refractivity contribution in [3.8, 4) is 16.9 Å². The molecule has 0 radical (unpaired) electrons. The first-order chi connectivity index (χ1) is 42.9. The lowest BCUT2D eigenvalue weighted by Crippen LogP contribution is -2.65. The molecule has 24 nitrogen and oxygen atoms in total. The van der Waals surface area contributed by atoms with Crippen molar-refractivity contribution in [2.75, 3.05) is 26.2 Å². The number of carbonyl (C=O) groups is 8. The Kier molecular flexibility index (Phi) is 22.4. The molecule has 4 unspecified atom stereocenters. The van der Waals surface area contributed by atoms with Crippen molar-refractivity contribution in [2.24, 2.45) is 5.92 Å². The third-order valence-electron chi connectivity index (χ3n) is 14.9. The van der Waals surface area contributed by atoms with E-state index in [2.05, 4.69) is 0 Å². The fraction of sp³-hybridized carbons (Fsp3) is 0.406. The number of ether oxygens (including phenoxy) is 12. The van der Waals surface area contributed by atoms with Crippen LogP contribution in [0, 0.1) is 11.7 Å². The average molecular weight is 1270 g/mol. The molecule has 8 rings (SSSR count). The van der Waals surface area contributed by atoms with Crippen molar-refractivity contribution >= 4 is 66.3 Å². The number of hydrogen-bond acceptors (Lipinski definition) is 23. The lowest BCUT2D eigenvalue weighted by atomic mass is 9.75. The van der Waals surface area contributed by atoms with E-state index < -0.39 is 153 Å². The molecule has 3 saturated heterocycles. The van der Waals surface area contributed by atoms with Gasteiger partial charge in [-0.15, -0.1) is 0 Å². The second-order valence-corrected chi connectivity index (χ2v) is 23.4. The van der Waals surface area contributed by atoms with Crippen molar-refractivity contribution in [1.29, 1.82) is 0 Å². The number of methoxy groups -OCH3 is 1. The molecule has 0 bridgehead atoms. The summed E-state index contributed by atoms with van der Waals surface area (Å²) in [4.78, 5) is 109. The van der Waals surface area contributed by atoms with Crippen molar-refractivity contribution < 1.29 is 113 Å². The van der Waals surface area contributed by atoms with Crippen LogP contribution in [0.2, 0.25) is 0 Å². The number of rotatable bonds is 24. The summed E-state index contributed by atoms with van der Waals surface area (Å²) in [5.41, 5.74) is 2.98. The third-order valence-corrected chi connectivity index (χ3v) is 16.8. The molecule has 1 amide bonds. The summed E-state index contributed by atoms with van der Waals surface area (Å²) >= 11 is 0. The molecule has 5 aromatic rings. The Morgan fingerprint density at radius 3 is 1.62 bits per heavy atom. The molecule has 3 fully saturated rings. The lowest BCUT2D eigenvalue weighted by Gasteiger charge is -2.52. The van der Waals surface area contributed by atoms with Gasteiger partial charge in [-0.25, -0.2) is 9.18 Å². The number of β-lactam (4-membered cyclic amide) rings is 1. The van der Waals surface area contributed by atoms with Crippen LogP contribution in [0.25, 0.3) is 11.1 Å². The van der Waals surface area contributed by atoms with Crippen LogP contribution in [-0.4, -0.2) is 137 Å². The number of para-hydroxylation sites is 1. The van der Waals surface area contributed by atoms with Gasteiger partial charge in [0.2, 0.25) is 12.2 Å². The van der Waals surface area contributed by atoms with E-state index >= 15 is 9.18 Å². The standard InChI is InChI=1S/C64H69FNO23P/c1-34-54(81-35(2)67)55(82-36(3)68)59(85-39(6)71)63(80-34)88-51(32-49(43-21-26-45(65)27-22-43)87-64-60(86-40(7)72)57(84-38(5)70)56(83-37(4)69)58(89-64)62(74)76-8)52-53(66(61(52)73)46-19-15-12-16-20-46)48-30-25-44(31-50(48)79-33-41-17-13-11-14-18-41)42-23-28-47(29-24-42)90(75,77-9)78-10/h11-31,34,49,51-60,63-64H,32-33H2,1-10H3/t34?,49-,51+,52+,53+,54+,55?,56-,57?,58?,59-,60-,63+,64-/m0/s1. The Bertz CT molecular complexity index is 3420. The van der Waals surface area contributed by atoms with Gasteiger partial charge >= 0.3 is 49.4 Å². The van der Waals surface area contributed by atoms with Gasteiger partial charge < -0.3 is 70.8 Å². The monoisotopic (exact) mass is 1270 g/mol. The Morgan fingerprint density at radius 1 is 0.578 bits per heavy atom. The first-order valence-electron chi connectivity index (χ1n) is 28.4. The summed E-state index contributed by atoms with van der Waals surface area (Å²) in [6, 6.07) is 33.6. The first kappa shape index (κ1) is 67.5. The Balaban J connectivity index is 1.35. The molecule has 0 aromatic heterocycles. The van der Waals surface area contributed by atoms with E-state index in [0.717, 1.165) is 66.3 Å². The fourth-order valence-corrected chi connectivity index (χ4v) is 12.2. The maximum atomic E-state index is 15.8. The average Bonchev–Trinajstić information content (AvgIpc) is 0.727. The summed E-state index contributed by atoms with van der Waals surface area (Å²) in [7, 11) is -0.0969. The van der Waals surface area contributed by atoms with Crippen LogP contribution in [0.3, 0.4) is 0 Å². The normalized spacial score (nSPS) is 24.6. The number of benzene rings is 5. The number of halogens is 1. The summed E-state index contributed by atoms with van der Waals surface area (Å²) in [6.45, 7) is 7.77. The number of esters is 7. The molecule has 26 heteroatoms. The maximum absolute atomic E-state index is 15.8. The number of amides is 1.